The summed E-state index contributed by atoms with van der Waals surface area (Å²) in [5, 5.41) is 8.24. The van der Waals surface area contributed by atoms with E-state index in [1.807, 2.05) is 30.3 Å². The molecule has 0 aliphatic heterocycles. The lowest BCUT2D eigenvalue weighted by Gasteiger charge is -2.11. The fraction of sp³-hybridized carbons (Fsp3) is 0.125. The summed E-state index contributed by atoms with van der Waals surface area (Å²) >= 11 is 5.08. The average molecular weight is 378 g/mol. The van der Waals surface area contributed by atoms with Crippen molar-refractivity contribution < 1.29 is 13.2 Å². The van der Waals surface area contributed by atoms with Crippen molar-refractivity contribution >= 4 is 38.9 Å². The Labute approximate surface area is 151 Å². The highest BCUT2D eigenvalue weighted by atomic mass is 32.2. The summed E-state index contributed by atoms with van der Waals surface area (Å²) in [6.07, 6.45) is 0.674. The van der Waals surface area contributed by atoms with Crippen molar-refractivity contribution in [3.63, 3.8) is 0 Å². The summed E-state index contributed by atoms with van der Waals surface area (Å²) < 4.78 is 22.4. The smallest absolute Gasteiger partial charge is 0.238 e. The van der Waals surface area contributed by atoms with E-state index in [9.17, 15) is 13.2 Å². The zero-order valence-electron chi connectivity index (χ0n) is 13.2. The van der Waals surface area contributed by atoms with Crippen LogP contribution >= 0.6 is 12.2 Å². The molecule has 132 valence electrons. The third-order valence-corrected chi connectivity index (χ3v) is 4.37. The van der Waals surface area contributed by atoms with Gasteiger partial charge in [0.2, 0.25) is 15.9 Å². The fourth-order valence-corrected chi connectivity index (χ4v) is 2.66. The molecule has 0 saturated carbocycles. The third-order valence-electron chi connectivity index (χ3n) is 3.24. The van der Waals surface area contributed by atoms with Gasteiger partial charge in [-0.1, -0.05) is 30.3 Å². The number of hydrogen-bond acceptors (Lipinski definition) is 4. The molecular formula is C16H18N4O3S2. The Morgan fingerprint density at radius 3 is 2.24 bits per heavy atom. The van der Waals surface area contributed by atoms with Gasteiger partial charge < -0.3 is 5.32 Å². The van der Waals surface area contributed by atoms with E-state index in [4.69, 9.17) is 17.4 Å². The first-order valence-corrected chi connectivity index (χ1v) is 9.33. The van der Waals surface area contributed by atoms with Crippen LogP contribution in [0.1, 0.15) is 12.0 Å². The second-order valence-corrected chi connectivity index (χ2v) is 7.15. The summed E-state index contributed by atoms with van der Waals surface area (Å²) in [4.78, 5) is 11.9. The van der Waals surface area contributed by atoms with Crippen LogP contribution in [0.4, 0.5) is 5.69 Å². The standard InChI is InChI=1S/C16H18N4O3S2/c17-25(22,23)14-9-6-12(7-10-14)8-11-15(21)19-20-16(24)18-13-4-2-1-3-5-13/h1-7,9-10H,8,11H2,(H,19,21)(H2,17,22,23)(H2,18,20,24). The number of amides is 1. The van der Waals surface area contributed by atoms with Gasteiger partial charge in [-0.2, -0.15) is 0 Å². The van der Waals surface area contributed by atoms with Crippen LogP contribution in [-0.4, -0.2) is 19.4 Å². The SMILES string of the molecule is NS(=O)(=O)c1ccc(CCC(=O)NNC(=S)Nc2ccccc2)cc1. The number of hydrazine groups is 1. The predicted molar refractivity (Wildman–Crippen MR) is 100 cm³/mol. The van der Waals surface area contributed by atoms with E-state index in [-0.39, 0.29) is 22.3 Å². The van der Waals surface area contributed by atoms with Crippen molar-refractivity contribution in [2.45, 2.75) is 17.7 Å². The van der Waals surface area contributed by atoms with Gasteiger partial charge in [0.05, 0.1) is 4.90 Å². The summed E-state index contributed by atoms with van der Waals surface area (Å²) in [5.74, 6) is -0.243. The van der Waals surface area contributed by atoms with Gasteiger partial charge in [0.25, 0.3) is 0 Å². The Balaban J connectivity index is 1.74. The second-order valence-electron chi connectivity index (χ2n) is 5.18. The number of nitrogens with two attached hydrogens (primary N) is 1. The highest BCUT2D eigenvalue weighted by Gasteiger charge is 2.08. The van der Waals surface area contributed by atoms with Gasteiger partial charge in [-0.3, -0.25) is 15.6 Å². The summed E-state index contributed by atoms with van der Waals surface area (Å²) in [6.45, 7) is 0. The van der Waals surface area contributed by atoms with Gasteiger partial charge in [0, 0.05) is 12.1 Å². The number of para-hydroxylation sites is 1. The Kier molecular flexibility index (Phi) is 6.45. The number of carbonyl (C=O) groups excluding carboxylic acids is 1. The summed E-state index contributed by atoms with van der Waals surface area (Å²) in [5.41, 5.74) is 6.76. The maximum absolute atomic E-state index is 11.8. The monoisotopic (exact) mass is 378 g/mol. The molecule has 0 saturated heterocycles. The number of benzene rings is 2. The van der Waals surface area contributed by atoms with Crippen LogP contribution in [0.5, 0.6) is 0 Å². The quantitative estimate of drug-likeness (QED) is 0.460. The second kappa shape index (κ2) is 8.56. The van der Waals surface area contributed by atoms with Crippen LogP contribution in [0.2, 0.25) is 0 Å². The average Bonchev–Trinajstić information content (AvgIpc) is 2.58. The lowest BCUT2D eigenvalue weighted by Crippen LogP contribution is -2.43. The molecule has 0 atom stereocenters. The Morgan fingerprint density at radius 1 is 1.00 bits per heavy atom. The maximum atomic E-state index is 11.8. The van der Waals surface area contributed by atoms with Crippen LogP contribution in [0.25, 0.3) is 0 Å². The van der Waals surface area contributed by atoms with Crippen molar-refractivity contribution in [2.75, 3.05) is 5.32 Å². The molecule has 2 aromatic carbocycles. The predicted octanol–water partition coefficient (Wildman–Crippen LogP) is 1.28. The van der Waals surface area contributed by atoms with E-state index in [0.717, 1.165) is 11.3 Å². The van der Waals surface area contributed by atoms with E-state index in [2.05, 4.69) is 16.2 Å². The number of thiocarbonyl (C=S) groups is 1. The van der Waals surface area contributed by atoms with E-state index in [1.54, 1.807) is 12.1 Å². The van der Waals surface area contributed by atoms with Crippen LogP contribution in [0.3, 0.4) is 0 Å². The largest absolute Gasteiger partial charge is 0.331 e. The molecule has 0 heterocycles. The number of sulfonamides is 1. The molecule has 7 nitrogen and oxygen atoms in total. The first-order valence-electron chi connectivity index (χ1n) is 7.37. The van der Waals surface area contributed by atoms with E-state index in [0.29, 0.717) is 6.42 Å². The molecule has 5 N–H and O–H groups in total. The molecule has 2 aromatic rings. The minimum absolute atomic E-state index is 0.0414. The highest BCUT2D eigenvalue weighted by Crippen LogP contribution is 2.10. The third kappa shape index (κ3) is 6.49. The van der Waals surface area contributed by atoms with E-state index < -0.39 is 10.0 Å². The van der Waals surface area contributed by atoms with Gasteiger partial charge >= 0.3 is 0 Å². The first-order chi connectivity index (χ1) is 11.8. The lowest BCUT2D eigenvalue weighted by molar-refractivity contribution is -0.121. The van der Waals surface area contributed by atoms with Gasteiger partial charge in [0.1, 0.15) is 0 Å². The molecular weight excluding hydrogens is 360 g/mol. The molecule has 0 aromatic heterocycles. The zero-order valence-corrected chi connectivity index (χ0v) is 14.9. The van der Waals surface area contributed by atoms with Gasteiger partial charge in [0.15, 0.2) is 5.11 Å². The fourth-order valence-electron chi connectivity index (χ4n) is 1.98. The normalized spacial score (nSPS) is 10.8. The number of nitrogens with one attached hydrogen (secondary N) is 3. The number of primary sulfonamides is 1. The Morgan fingerprint density at radius 2 is 1.64 bits per heavy atom. The maximum Gasteiger partial charge on any atom is 0.238 e. The van der Waals surface area contributed by atoms with Gasteiger partial charge in [-0.05, 0) is 48.5 Å². The van der Waals surface area contributed by atoms with Crippen LogP contribution in [-0.2, 0) is 21.2 Å². The number of anilines is 1. The van der Waals surface area contributed by atoms with E-state index in [1.165, 1.54) is 12.1 Å². The minimum atomic E-state index is -3.71. The van der Waals surface area contributed by atoms with Crippen molar-refractivity contribution in [1.29, 1.82) is 0 Å². The zero-order chi connectivity index (χ0) is 18.3. The topological polar surface area (TPSA) is 113 Å². The number of rotatable bonds is 5. The number of aryl methyl sites for hydroxylation is 1. The molecule has 0 bridgehead atoms. The molecule has 1 amide bonds. The number of hydrogen-bond donors (Lipinski definition) is 4. The van der Waals surface area contributed by atoms with Crippen molar-refractivity contribution in [3.05, 3.63) is 60.2 Å². The lowest BCUT2D eigenvalue weighted by atomic mass is 10.1. The molecule has 2 rings (SSSR count). The van der Waals surface area contributed by atoms with Crippen molar-refractivity contribution in [3.8, 4) is 0 Å². The molecule has 9 heteroatoms. The van der Waals surface area contributed by atoms with Crippen LogP contribution < -0.4 is 21.3 Å². The van der Waals surface area contributed by atoms with Gasteiger partial charge in [-0.15, -0.1) is 0 Å². The molecule has 0 unspecified atom stereocenters. The molecule has 25 heavy (non-hydrogen) atoms. The summed E-state index contributed by atoms with van der Waals surface area (Å²) in [6, 6.07) is 15.4. The number of carbonyl (C=O) groups is 1. The molecule has 0 fully saturated rings. The Hall–Kier alpha value is -2.49. The molecule has 0 aliphatic carbocycles. The van der Waals surface area contributed by atoms with E-state index >= 15 is 0 Å². The first kappa shape index (κ1) is 18.8. The van der Waals surface area contributed by atoms with Crippen LogP contribution in [0, 0.1) is 0 Å². The molecule has 0 spiro atoms. The summed E-state index contributed by atoms with van der Waals surface area (Å²) in [7, 11) is -3.71. The van der Waals surface area contributed by atoms with Crippen molar-refractivity contribution in [1.82, 2.24) is 10.9 Å². The van der Waals surface area contributed by atoms with Gasteiger partial charge in [-0.25, -0.2) is 13.6 Å². The van der Waals surface area contributed by atoms with Crippen molar-refractivity contribution in [2.24, 2.45) is 5.14 Å². The minimum Gasteiger partial charge on any atom is -0.331 e. The Bertz CT molecular complexity index is 837. The van der Waals surface area contributed by atoms with Crippen LogP contribution in [0.15, 0.2) is 59.5 Å². The molecule has 0 aliphatic rings. The highest BCUT2D eigenvalue weighted by molar-refractivity contribution is 7.89. The molecule has 0 radical (unpaired) electrons.